The maximum atomic E-state index is 6.17. The van der Waals surface area contributed by atoms with E-state index in [-0.39, 0.29) is 0 Å². The lowest BCUT2D eigenvalue weighted by Crippen LogP contribution is -2.47. The minimum absolute atomic E-state index is 0.611. The summed E-state index contributed by atoms with van der Waals surface area (Å²) < 4.78 is 0.936. The van der Waals surface area contributed by atoms with Gasteiger partial charge >= 0.3 is 0 Å². The van der Waals surface area contributed by atoms with Gasteiger partial charge in [-0.1, -0.05) is 30.9 Å². The van der Waals surface area contributed by atoms with Crippen LogP contribution in [-0.4, -0.2) is 31.1 Å². The summed E-state index contributed by atoms with van der Waals surface area (Å²) in [4.78, 5) is 4.17. The molecule has 3 rings (SSSR count). The second-order valence-corrected chi connectivity index (χ2v) is 7.52. The van der Waals surface area contributed by atoms with Crippen LogP contribution < -0.4 is 5.32 Å². The van der Waals surface area contributed by atoms with Crippen molar-refractivity contribution in [3.8, 4) is 0 Å². The van der Waals surface area contributed by atoms with E-state index in [1.165, 1.54) is 50.1 Å². The molecule has 1 aromatic heterocycles. The van der Waals surface area contributed by atoms with Gasteiger partial charge < -0.3 is 5.32 Å². The topological polar surface area (TPSA) is 15.3 Å². The summed E-state index contributed by atoms with van der Waals surface area (Å²) in [5.41, 5.74) is 0. The molecule has 0 bridgehead atoms. The second kappa shape index (κ2) is 6.57. The average Bonchev–Trinajstić information content (AvgIpc) is 2.88. The van der Waals surface area contributed by atoms with E-state index < -0.39 is 0 Å². The average molecular weight is 299 g/mol. The third kappa shape index (κ3) is 3.33. The molecule has 0 radical (unpaired) electrons. The molecule has 2 heterocycles. The second-order valence-electron chi connectivity index (χ2n) is 5.77. The van der Waals surface area contributed by atoms with Crippen LogP contribution in [0.2, 0.25) is 4.34 Å². The predicted octanol–water partition coefficient (Wildman–Crippen LogP) is 3.93. The highest BCUT2D eigenvalue weighted by Gasteiger charge is 2.31. The molecule has 1 atom stereocenters. The Bertz CT molecular complexity index is 377. The van der Waals surface area contributed by atoms with Gasteiger partial charge in [0.2, 0.25) is 0 Å². The zero-order chi connectivity index (χ0) is 13.1. The molecule has 1 saturated heterocycles. The fourth-order valence-corrected chi connectivity index (χ4v) is 4.90. The first-order valence-electron chi connectivity index (χ1n) is 7.54. The number of rotatable bonds is 3. The third-order valence-electron chi connectivity index (χ3n) is 4.53. The van der Waals surface area contributed by atoms with Gasteiger partial charge in [0.25, 0.3) is 0 Å². The smallest absolute Gasteiger partial charge is 0.0931 e. The summed E-state index contributed by atoms with van der Waals surface area (Å²) in [6.07, 6.45) is 7.03. The van der Waals surface area contributed by atoms with E-state index in [4.69, 9.17) is 11.6 Å². The fraction of sp³-hybridized carbons (Fsp3) is 0.733. The van der Waals surface area contributed by atoms with Gasteiger partial charge in [-0.25, -0.2) is 0 Å². The van der Waals surface area contributed by atoms with E-state index in [9.17, 15) is 0 Å². The number of nitrogens with one attached hydrogen (secondary N) is 1. The molecule has 0 amide bonds. The Hall–Kier alpha value is -0.0900. The Morgan fingerprint density at radius 2 is 1.89 bits per heavy atom. The molecule has 0 aromatic carbocycles. The van der Waals surface area contributed by atoms with Crippen molar-refractivity contribution in [2.45, 2.75) is 38.1 Å². The minimum Gasteiger partial charge on any atom is -0.314 e. The first kappa shape index (κ1) is 13.9. The number of hydrogen-bond donors (Lipinski definition) is 1. The van der Waals surface area contributed by atoms with Crippen LogP contribution in [0.5, 0.6) is 0 Å². The molecule has 19 heavy (non-hydrogen) atoms. The van der Waals surface area contributed by atoms with Crippen molar-refractivity contribution >= 4 is 22.9 Å². The highest BCUT2D eigenvalue weighted by Crippen LogP contribution is 2.41. The number of hydrogen-bond acceptors (Lipinski definition) is 3. The van der Waals surface area contributed by atoms with Gasteiger partial charge in [-0.2, -0.15) is 0 Å². The van der Waals surface area contributed by atoms with Gasteiger partial charge in [-0.15, -0.1) is 11.3 Å². The van der Waals surface area contributed by atoms with E-state index in [2.05, 4.69) is 22.3 Å². The van der Waals surface area contributed by atoms with Crippen molar-refractivity contribution < 1.29 is 0 Å². The minimum atomic E-state index is 0.611. The molecule has 106 valence electrons. The van der Waals surface area contributed by atoms with Crippen molar-refractivity contribution in [1.29, 1.82) is 0 Å². The Balaban J connectivity index is 1.81. The number of halogens is 1. The molecule has 2 nitrogen and oxygen atoms in total. The zero-order valence-corrected chi connectivity index (χ0v) is 13.0. The van der Waals surface area contributed by atoms with Crippen LogP contribution in [0.3, 0.4) is 0 Å². The van der Waals surface area contributed by atoms with E-state index in [1.54, 1.807) is 11.3 Å². The van der Waals surface area contributed by atoms with Gasteiger partial charge in [-0.05, 0) is 30.9 Å². The summed E-state index contributed by atoms with van der Waals surface area (Å²) in [6, 6.07) is 4.94. The molecule has 1 aliphatic heterocycles. The third-order valence-corrected chi connectivity index (χ3v) is 5.83. The maximum absolute atomic E-state index is 6.17. The van der Waals surface area contributed by atoms with Crippen LogP contribution in [0.15, 0.2) is 12.1 Å². The molecule has 1 aromatic rings. The number of piperazine rings is 1. The van der Waals surface area contributed by atoms with Crippen LogP contribution in [0.4, 0.5) is 0 Å². The molecule has 0 unspecified atom stereocenters. The lowest BCUT2D eigenvalue weighted by Gasteiger charge is -2.40. The number of nitrogens with zero attached hydrogens (tertiary/aromatic N) is 1. The van der Waals surface area contributed by atoms with Gasteiger partial charge in [0.15, 0.2) is 0 Å². The number of thiophene rings is 1. The summed E-state index contributed by atoms with van der Waals surface area (Å²) in [6.45, 7) is 4.61. The van der Waals surface area contributed by atoms with Gasteiger partial charge in [0, 0.05) is 37.1 Å². The molecule has 2 fully saturated rings. The first-order chi connectivity index (χ1) is 9.34. The molecular formula is C15H23ClN2S. The zero-order valence-electron chi connectivity index (χ0n) is 11.4. The Labute approximate surface area is 125 Å². The van der Waals surface area contributed by atoms with Crippen molar-refractivity contribution in [3.63, 3.8) is 0 Å². The standard InChI is InChI=1S/C15H23ClN2S/c16-14-7-6-13(19-14)15(12-4-2-1-3-5-12)18-10-8-17-9-11-18/h6-7,12,15,17H,1-5,8-11H2/t15-/m1/s1. The van der Waals surface area contributed by atoms with E-state index >= 15 is 0 Å². The molecule has 0 spiro atoms. The highest BCUT2D eigenvalue weighted by molar-refractivity contribution is 7.16. The molecule has 1 saturated carbocycles. The first-order valence-corrected chi connectivity index (χ1v) is 8.74. The van der Waals surface area contributed by atoms with E-state index in [1.807, 2.05) is 0 Å². The summed E-state index contributed by atoms with van der Waals surface area (Å²) in [7, 11) is 0. The lowest BCUT2D eigenvalue weighted by molar-refractivity contribution is 0.106. The summed E-state index contributed by atoms with van der Waals surface area (Å²) in [5, 5.41) is 3.46. The molecule has 4 heteroatoms. The summed E-state index contributed by atoms with van der Waals surface area (Å²) >= 11 is 7.96. The SMILES string of the molecule is Clc1ccc([C@@H](C2CCCCC2)N2CCNCC2)s1. The molecule has 1 aliphatic carbocycles. The lowest BCUT2D eigenvalue weighted by atomic mass is 9.82. The van der Waals surface area contributed by atoms with Gasteiger partial charge in [0.05, 0.1) is 4.34 Å². The van der Waals surface area contributed by atoms with Crippen LogP contribution in [-0.2, 0) is 0 Å². The fourth-order valence-electron chi connectivity index (χ4n) is 3.61. The van der Waals surface area contributed by atoms with Gasteiger partial charge in [0.1, 0.15) is 0 Å². The van der Waals surface area contributed by atoms with Crippen LogP contribution in [0.25, 0.3) is 0 Å². The largest absolute Gasteiger partial charge is 0.314 e. The van der Waals surface area contributed by atoms with Crippen molar-refractivity contribution in [2.75, 3.05) is 26.2 Å². The molecule has 2 aliphatic rings. The Morgan fingerprint density at radius 1 is 1.16 bits per heavy atom. The highest BCUT2D eigenvalue weighted by atomic mass is 35.5. The van der Waals surface area contributed by atoms with Crippen molar-refractivity contribution in [3.05, 3.63) is 21.3 Å². The van der Waals surface area contributed by atoms with Crippen LogP contribution >= 0.6 is 22.9 Å². The van der Waals surface area contributed by atoms with Crippen molar-refractivity contribution in [1.82, 2.24) is 10.2 Å². The maximum Gasteiger partial charge on any atom is 0.0931 e. The Kier molecular flexibility index (Phi) is 4.80. The molecular weight excluding hydrogens is 276 g/mol. The normalized spacial score (nSPS) is 24.5. The van der Waals surface area contributed by atoms with Crippen LogP contribution in [0, 0.1) is 5.92 Å². The van der Waals surface area contributed by atoms with E-state index in [0.717, 1.165) is 23.3 Å². The van der Waals surface area contributed by atoms with Crippen LogP contribution in [0.1, 0.15) is 43.0 Å². The summed E-state index contributed by atoms with van der Waals surface area (Å²) in [5.74, 6) is 0.835. The van der Waals surface area contributed by atoms with Crippen molar-refractivity contribution in [2.24, 2.45) is 5.92 Å². The monoisotopic (exact) mass is 298 g/mol. The molecule has 1 N–H and O–H groups in total. The van der Waals surface area contributed by atoms with E-state index in [0.29, 0.717) is 6.04 Å². The quantitative estimate of drug-likeness (QED) is 0.909. The predicted molar refractivity (Wildman–Crippen MR) is 83.1 cm³/mol. The Morgan fingerprint density at radius 3 is 2.53 bits per heavy atom. The van der Waals surface area contributed by atoms with Gasteiger partial charge in [-0.3, -0.25) is 4.90 Å².